The fourth-order valence-corrected chi connectivity index (χ4v) is 3.03. The number of guanidine groups is 1. The van der Waals surface area contributed by atoms with Gasteiger partial charge in [0.15, 0.2) is 11.8 Å². The number of piperazine rings is 1. The molecule has 28 heavy (non-hydrogen) atoms. The van der Waals surface area contributed by atoms with E-state index in [2.05, 4.69) is 58.1 Å². The molecule has 3 rings (SSSR count). The van der Waals surface area contributed by atoms with Crippen molar-refractivity contribution in [1.82, 2.24) is 30.4 Å². The van der Waals surface area contributed by atoms with E-state index in [4.69, 9.17) is 14.0 Å². The quantitative estimate of drug-likeness (QED) is 0.612. The van der Waals surface area contributed by atoms with Crippen LogP contribution in [0.5, 0.6) is 0 Å². The van der Waals surface area contributed by atoms with Crippen LogP contribution in [0.2, 0.25) is 0 Å². The van der Waals surface area contributed by atoms with Gasteiger partial charge in [-0.05, 0) is 13.8 Å². The minimum Gasteiger partial charge on any atom is -0.361 e. The van der Waals surface area contributed by atoms with Crippen molar-refractivity contribution in [3.63, 3.8) is 0 Å². The minimum absolute atomic E-state index is 0.155. The Labute approximate surface area is 166 Å². The lowest BCUT2D eigenvalue weighted by Crippen LogP contribution is -2.52. The zero-order valence-electron chi connectivity index (χ0n) is 17.5. The lowest BCUT2D eigenvalue weighted by molar-refractivity contribution is 0.169. The maximum atomic E-state index is 5.35. The highest BCUT2D eigenvalue weighted by atomic mass is 16.5. The van der Waals surface area contributed by atoms with Crippen LogP contribution in [0.15, 0.2) is 20.1 Å². The average Bonchev–Trinajstić information content (AvgIpc) is 3.28. The van der Waals surface area contributed by atoms with E-state index in [1.807, 2.05) is 13.0 Å². The summed E-state index contributed by atoms with van der Waals surface area (Å²) in [5.41, 5.74) is 0.830. The second-order valence-corrected chi connectivity index (χ2v) is 8.13. The number of nitrogens with zero attached hydrogens (tertiary/aromatic N) is 6. The van der Waals surface area contributed by atoms with Gasteiger partial charge in [0.05, 0.1) is 5.69 Å². The first-order chi connectivity index (χ1) is 13.3. The molecule has 2 aromatic heterocycles. The number of hydrogen-bond acceptors (Lipinski definition) is 7. The number of aromatic nitrogens is 3. The zero-order chi connectivity index (χ0) is 20.1. The van der Waals surface area contributed by atoms with Gasteiger partial charge < -0.3 is 19.3 Å². The molecule has 0 atom stereocenters. The molecule has 9 nitrogen and oxygen atoms in total. The van der Waals surface area contributed by atoms with E-state index >= 15 is 0 Å². The zero-order valence-corrected chi connectivity index (χ0v) is 17.5. The Kier molecular flexibility index (Phi) is 6.33. The third-order valence-electron chi connectivity index (χ3n) is 4.55. The molecular formula is C19H31N7O2. The number of hydrogen-bond donors (Lipinski definition) is 1. The summed E-state index contributed by atoms with van der Waals surface area (Å²) in [6, 6.07) is 1.99. The molecule has 2 aromatic rings. The lowest BCUT2D eigenvalue weighted by Gasteiger charge is -2.36. The fourth-order valence-electron chi connectivity index (χ4n) is 3.03. The summed E-state index contributed by atoms with van der Waals surface area (Å²) in [5.74, 6) is 2.99. The Morgan fingerprint density at radius 1 is 1.18 bits per heavy atom. The van der Waals surface area contributed by atoms with Crippen LogP contribution in [0.1, 0.15) is 50.9 Å². The Bertz CT molecular complexity index is 782. The second kappa shape index (κ2) is 8.72. The van der Waals surface area contributed by atoms with E-state index in [-0.39, 0.29) is 5.41 Å². The topological polar surface area (TPSA) is 95.8 Å². The van der Waals surface area contributed by atoms with Gasteiger partial charge in [0.1, 0.15) is 12.3 Å². The maximum Gasteiger partial charge on any atom is 0.232 e. The molecule has 0 spiro atoms. The molecular weight excluding hydrogens is 358 g/mol. The molecule has 1 aliphatic heterocycles. The summed E-state index contributed by atoms with van der Waals surface area (Å²) < 4.78 is 10.5. The third kappa shape index (κ3) is 5.31. The summed E-state index contributed by atoms with van der Waals surface area (Å²) in [6.45, 7) is 15.9. The summed E-state index contributed by atoms with van der Waals surface area (Å²) in [4.78, 5) is 13.8. The Morgan fingerprint density at radius 2 is 1.93 bits per heavy atom. The van der Waals surface area contributed by atoms with Crippen LogP contribution in [0, 0.1) is 6.92 Å². The number of aliphatic imine (C=N–C) groups is 1. The monoisotopic (exact) mass is 389 g/mol. The Hall–Kier alpha value is -2.42. The number of nitrogens with one attached hydrogen (secondary N) is 1. The predicted octanol–water partition coefficient (Wildman–Crippen LogP) is 1.95. The SMILES string of the molecule is CCNC(=NCc1noc(C(C)(C)C)n1)N1CCN(Cc2cc(C)on2)CC1. The first-order valence-electron chi connectivity index (χ1n) is 9.86. The van der Waals surface area contributed by atoms with Gasteiger partial charge in [-0.1, -0.05) is 31.1 Å². The number of aryl methyl sites for hydroxylation is 1. The molecule has 9 heteroatoms. The molecule has 154 valence electrons. The summed E-state index contributed by atoms with van der Waals surface area (Å²) in [6.07, 6.45) is 0. The van der Waals surface area contributed by atoms with Crippen LogP contribution in [0.25, 0.3) is 0 Å². The van der Waals surface area contributed by atoms with Crippen LogP contribution in [0.4, 0.5) is 0 Å². The third-order valence-corrected chi connectivity index (χ3v) is 4.55. The van der Waals surface area contributed by atoms with E-state index in [0.29, 0.717) is 18.3 Å². The van der Waals surface area contributed by atoms with Crippen LogP contribution >= 0.6 is 0 Å². The van der Waals surface area contributed by atoms with Crippen LogP contribution in [-0.4, -0.2) is 63.8 Å². The Morgan fingerprint density at radius 3 is 2.50 bits per heavy atom. The van der Waals surface area contributed by atoms with Crippen molar-refractivity contribution in [2.75, 3.05) is 32.7 Å². The molecule has 0 saturated carbocycles. The van der Waals surface area contributed by atoms with E-state index in [1.165, 1.54) is 0 Å². The van der Waals surface area contributed by atoms with Crippen molar-refractivity contribution < 1.29 is 9.05 Å². The first kappa shape index (κ1) is 20.3. The first-order valence-corrected chi connectivity index (χ1v) is 9.86. The highest BCUT2D eigenvalue weighted by Gasteiger charge is 2.23. The van der Waals surface area contributed by atoms with E-state index < -0.39 is 0 Å². The van der Waals surface area contributed by atoms with Crippen molar-refractivity contribution >= 4 is 5.96 Å². The fraction of sp³-hybridized carbons (Fsp3) is 0.684. The van der Waals surface area contributed by atoms with Crippen molar-refractivity contribution in [3.8, 4) is 0 Å². The standard InChI is InChI=1S/C19H31N7O2/c1-6-20-18(21-12-16-22-17(28-24-16)19(3,4)5)26-9-7-25(8-10-26)13-15-11-14(2)27-23-15/h11H,6-10,12-13H2,1-5H3,(H,20,21). The van der Waals surface area contributed by atoms with Gasteiger partial charge in [-0.3, -0.25) is 4.90 Å². The largest absolute Gasteiger partial charge is 0.361 e. The van der Waals surface area contributed by atoms with Gasteiger partial charge in [-0.25, -0.2) is 4.99 Å². The molecule has 0 amide bonds. The predicted molar refractivity (Wildman–Crippen MR) is 106 cm³/mol. The number of rotatable bonds is 5. The summed E-state index contributed by atoms with van der Waals surface area (Å²) >= 11 is 0. The van der Waals surface area contributed by atoms with E-state index in [0.717, 1.165) is 56.7 Å². The molecule has 3 heterocycles. The summed E-state index contributed by atoms with van der Waals surface area (Å²) in [7, 11) is 0. The van der Waals surface area contributed by atoms with Crippen LogP contribution in [0.3, 0.4) is 0 Å². The van der Waals surface area contributed by atoms with Crippen molar-refractivity contribution in [2.45, 2.75) is 53.1 Å². The average molecular weight is 390 g/mol. The minimum atomic E-state index is -0.155. The van der Waals surface area contributed by atoms with Crippen LogP contribution in [-0.2, 0) is 18.5 Å². The smallest absolute Gasteiger partial charge is 0.232 e. The van der Waals surface area contributed by atoms with Gasteiger partial charge in [0.2, 0.25) is 5.89 Å². The second-order valence-electron chi connectivity index (χ2n) is 8.13. The maximum absolute atomic E-state index is 5.35. The van der Waals surface area contributed by atoms with Gasteiger partial charge in [0.25, 0.3) is 0 Å². The normalized spacial score (nSPS) is 16.6. The summed E-state index contributed by atoms with van der Waals surface area (Å²) in [5, 5.41) is 11.5. The molecule has 1 aliphatic rings. The molecule has 1 N–H and O–H groups in total. The van der Waals surface area contributed by atoms with Crippen molar-refractivity contribution in [2.24, 2.45) is 4.99 Å². The van der Waals surface area contributed by atoms with Crippen LogP contribution < -0.4 is 5.32 Å². The molecule has 0 unspecified atom stereocenters. The van der Waals surface area contributed by atoms with E-state index in [1.54, 1.807) is 0 Å². The highest BCUT2D eigenvalue weighted by molar-refractivity contribution is 5.80. The van der Waals surface area contributed by atoms with Gasteiger partial charge in [-0.15, -0.1) is 0 Å². The molecule has 0 aromatic carbocycles. The molecule has 0 bridgehead atoms. The molecule has 1 saturated heterocycles. The van der Waals surface area contributed by atoms with Gasteiger partial charge >= 0.3 is 0 Å². The van der Waals surface area contributed by atoms with Crippen molar-refractivity contribution in [3.05, 3.63) is 29.2 Å². The Balaban J connectivity index is 1.56. The van der Waals surface area contributed by atoms with E-state index in [9.17, 15) is 0 Å². The van der Waals surface area contributed by atoms with Crippen molar-refractivity contribution in [1.29, 1.82) is 0 Å². The molecule has 0 radical (unpaired) electrons. The highest BCUT2D eigenvalue weighted by Crippen LogP contribution is 2.19. The molecule has 1 fully saturated rings. The van der Waals surface area contributed by atoms with Gasteiger partial charge in [0, 0.05) is 50.7 Å². The van der Waals surface area contributed by atoms with Gasteiger partial charge in [-0.2, -0.15) is 4.98 Å². The lowest BCUT2D eigenvalue weighted by atomic mass is 9.97. The molecule has 0 aliphatic carbocycles.